The Labute approximate surface area is 129 Å². The normalized spacial score (nSPS) is 27.4. The van der Waals surface area contributed by atoms with E-state index in [1.54, 1.807) is 0 Å². The summed E-state index contributed by atoms with van der Waals surface area (Å²) >= 11 is 0. The quantitative estimate of drug-likeness (QED) is 0.873. The van der Waals surface area contributed by atoms with Crippen molar-refractivity contribution in [2.24, 2.45) is 5.92 Å². The first kappa shape index (κ1) is 16.3. The lowest BCUT2D eigenvalue weighted by Crippen LogP contribution is -2.44. The molecule has 1 aliphatic rings. The maximum Gasteiger partial charge on any atom is 0.0772 e. The Kier molecular flexibility index (Phi) is 5.28. The van der Waals surface area contributed by atoms with Crippen molar-refractivity contribution < 1.29 is 5.11 Å². The molecule has 0 spiro atoms. The minimum Gasteiger partial charge on any atom is -0.389 e. The van der Waals surface area contributed by atoms with Gasteiger partial charge in [0.25, 0.3) is 0 Å². The fourth-order valence-corrected chi connectivity index (χ4v) is 3.00. The monoisotopic (exact) mass is 290 g/mol. The van der Waals surface area contributed by atoms with Gasteiger partial charge in [-0.25, -0.2) is 0 Å². The van der Waals surface area contributed by atoms with E-state index in [1.807, 2.05) is 0 Å². The van der Waals surface area contributed by atoms with Gasteiger partial charge in [0.2, 0.25) is 0 Å². The number of nitrogens with zero attached hydrogens (tertiary/aromatic N) is 1. The van der Waals surface area contributed by atoms with E-state index < -0.39 is 5.60 Å². The average Bonchev–Trinajstić information content (AvgIpc) is 2.48. The van der Waals surface area contributed by atoms with Crippen LogP contribution < -0.4 is 10.2 Å². The van der Waals surface area contributed by atoms with Gasteiger partial charge < -0.3 is 15.3 Å². The Bertz CT molecular complexity index is 433. The lowest BCUT2D eigenvalue weighted by molar-refractivity contribution is -0.00783. The average molecular weight is 290 g/mol. The van der Waals surface area contributed by atoms with E-state index in [2.05, 4.69) is 62.4 Å². The molecular formula is C18H30N2O. The third-order valence-electron chi connectivity index (χ3n) is 4.85. The van der Waals surface area contributed by atoms with Crippen molar-refractivity contribution in [3.8, 4) is 0 Å². The van der Waals surface area contributed by atoms with Crippen molar-refractivity contribution in [3.63, 3.8) is 0 Å². The van der Waals surface area contributed by atoms with Crippen LogP contribution in [0.3, 0.4) is 0 Å². The number of rotatable bonds is 5. The van der Waals surface area contributed by atoms with Crippen LogP contribution in [0.1, 0.15) is 51.1 Å². The third kappa shape index (κ3) is 4.45. The molecule has 118 valence electrons. The van der Waals surface area contributed by atoms with Gasteiger partial charge in [-0.15, -0.1) is 0 Å². The van der Waals surface area contributed by atoms with E-state index in [1.165, 1.54) is 11.3 Å². The van der Waals surface area contributed by atoms with Gasteiger partial charge in [-0.2, -0.15) is 0 Å². The second-order valence-electron chi connectivity index (χ2n) is 7.00. The predicted octanol–water partition coefficient (Wildman–Crippen LogP) is 3.34. The summed E-state index contributed by atoms with van der Waals surface area (Å²) in [5.41, 5.74) is 1.98. The van der Waals surface area contributed by atoms with Gasteiger partial charge in [0.05, 0.1) is 5.60 Å². The van der Waals surface area contributed by atoms with Crippen molar-refractivity contribution in [2.75, 3.05) is 25.5 Å². The molecule has 1 fully saturated rings. The van der Waals surface area contributed by atoms with E-state index in [4.69, 9.17) is 0 Å². The molecule has 0 heterocycles. The van der Waals surface area contributed by atoms with Gasteiger partial charge >= 0.3 is 0 Å². The Hall–Kier alpha value is -1.06. The Balaban J connectivity index is 1.88. The first-order valence-electron chi connectivity index (χ1n) is 8.13. The molecule has 0 bridgehead atoms. The first-order chi connectivity index (χ1) is 9.89. The summed E-state index contributed by atoms with van der Waals surface area (Å²) in [5.74, 6) is 0.765. The minimum atomic E-state index is -0.510. The summed E-state index contributed by atoms with van der Waals surface area (Å²) in [4.78, 5) is 2.10. The van der Waals surface area contributed by atoms with E-state index in [9.17, 15) is 5.11 Å². The van der Waals surface area contributed by atoms with E-state index >= 15 is 0 Å². The van der Waals surface area contributed by atoms with Gasteiger partial charge in [-0.1, -0.05) is 19.1 Å². The smallest absolute Gasteiger partial charge is 0.0772 e. The highest BCUT2D eigenvalue weighted by molar-refractivity contribution is 5.46. The maximum absolute atomic E-state index is 10.6. The van der Waals surface area contributed by atoms with Gasteiger partial charge in [-0.3, -0.25) is 0 Å². The molecule has 0 aliphatic heterocycles. The molecule has 1 atom stereocenters. The van der Waals surface area contributed by atoms with Crippen LogP contribution in [-0.4, -0.2) is 31.3 Å². The summed E-state index contributed by atoms with van der Waals surface area (Å²) in [6, 6.07) is 8.89. The van der Waals surface area contributed by atoms with Crippen LogP contribution >= 0.6 is 0 Å². The molecule has 0 aromatic heterocycles. The molecule has 3 nitrogen and oxygen atoms in total. The number of anilines is 1. The molecule has 1 aliphatic carbocycles. The fourth-order valence-electron chi connectivity index (χ4n) is 3.00. The number of nitrogens with one attached hydrogen (secondary N) is 1. The highest BCUT2D eigenvalue weighted by Crippen LogP contribution is 2.31. The SMILES string of the molecule is CC1CCC(O)(CNC(C)c2ccc(N(C)C)cc2)CC1. The molecule has 0 radical (unpaired) electrons. The molecule has 1 saturated carbocycles. The molecule has 0 amide bonds. The van der Waals surface area contributed by atoms with Crippen LogP contribution in [0.4, 0.5) is 5.69 Å². The second kappa shape index (κ2) is 6.80. The molecular weight excluding hydrogens is 260 g/mol. The van der Waals surface area contributed by atoms with Crippen molar-refractivity contribution in [3.05, 3.63) is 29.8 Å². The zero-order valence-corrected chi connectivity index (χ0v) is 13.9. The first-order valence-corrected chi connectivity index (χ1v) is 8.13. The van der Waals surface area contributed by atoms with Crippen molar-refractivity contribution in [1.29, 1.82) is 0 Å². The zero-order valence-electron chi connectivity index (χ0n) is 13.9. The Morgan fingerprint density at radius 2 is 1.81 bits per heavy atom. The molecule has 2 rings (SSSR count). The molecule has 2 N–H and O–H groups in total. The molecule has 0 saturated heterocycles. The van der Waals surface area contributed by atoms with Crippen LogP contribution in [0.2, 0.25) is 0 Å². The lowest BCUT2D eigenvalue weighted by atomic mass is 9.79. The van der Waals surface area contributed by atoms with Crippen LogP contribution in [0.25, 0.3) is 0 Å². The van der Waals surface area contributed by atoms with E-state index in [0.717, 1.165) is 31.6 Å². The van der Waals surface area contributed by atoms with Gasteiger partial charge in [0.1, 0.15) is 0 Å². The summed E-state index contributed by atoms with van der Waals surface area (Å²) in [5, 5.41) is 14.1. The fraction of sp³-hybridized carbons (Fsp3) is 0.667. The number of aliphatic hydroxyl groups is 1. The van der Waals surface area contributed by atoms with Crippen molar-refractivity contribution >= 4 is 5.69 Å². The lowest BCUT2D eigenvalue weighted by Gasteiger charge is -2.36. The van der Waals surface area contributed by atoms with Crippen molar-refractivity contribution in [1.82, 2.24) is 5.32 Å². The standard InChI is InChI=1S/C18H30N2O/c1-14-9-11-18(21,12-10-14)13-19-15(2)16-5-7-17(8-6-16)20(3)4/h5-8,14-15,19,21H,9-13H2,1-4H3. The second-order valence-corrected chi connectivity index (χ2v) is 7.00. The maximum atomic E-state index is 10.6. The molecule has 21 heavy (non-hydrogen) atoms. The van der Waals surface area contributed by atoms with Crippen LogP contribution in [0.15, 0.2) is 24.3 Å². The summed E-state index contributed by atoms with van der Waals surface area (Å²) in [7, 11) is 4.10. The topological polar surface area (TPSA) is 35.5 Å². The Morgan fingerprint density at radius 1 is 1.24 bits per heavy atom. The number of hydrogen-bond acceptors (Lipinski definition) is 3. The molecule has 1 unspecified atom stereocenters. The number of benzene rings is 1. The number of hydrogen-bond donors (Lipinski definition) is 2. The molecule has 3 heteroatoms. The largest absolute Gasteiger partial charge is 0.389 e. The van der Waals surface area contributed by atoms with Gasteiger partial charge in [-0.05, 0) is 56.2 Å². The van der Waals surface area contributed by atoms with E-state index in [0.29, 0.717) is 6.54 Å². The van der Waals surface area contributed by atoms with Gasteiger partial charge in [0, 0.05) is 32.4 Å². The molecule has 1 aromatic rings. The molecule has 1 aromatic carbocycles. The van der Waals surface area contributed by atoms with Gasteiger partial charge in [0.15, 0.2) is 0 Å². The third-order valence-corrected chi connectivity index (χ3v) is 4.85. The highest BCUT2D eigenvalue weighted by Gasteiger charge is 2.31. The van der Waals surface area contributed by atoms with E-state index in [-0.39, 0.29) is 6.04 Å². The van der Waals surface area contributed by atoms with Crippen molar-refractivity contribution in [2.45, 2.75) is 51.2 Å². The summed E-state index contributed by atoms with van der Waals surface area (Å²) in [6.45, 7) is 5.14. The zero-order chi connectivity index (χ0) is 15.5. The minimum absolute atomic E-state index is 0.268. The summed E-state index contributed by atoms with van der Waals surface area (Å²) in [6.07, 6.45) is 4.13. The highest BCUT2D eigenvalue weighted by atomic mass is 16.3. The Morgan fingerprint density at radius 3 is 2.33 bits per heavy atom. The predicted molar refractivity (Wildman–Crippen MR) is 89.8 cm³/mol. The van der Waals surface area contributed by atoms with Crippen LogP contribution in [-0.2, 0) is 0 Å². The summed E-state index contributed by atoms with van der Waals surface area (Å²) < 4.78 is 0. The van der Waals surface area contributed by atoms with Crippen LogP contribution in [0, 0.1) is 5.92 Å². The van der Waals surface area contributed by atoms with Crippen LogP contribution in [0.5, 0.6) is 0 Å².